The number of rotatable bonds is 7. The van der Waals surface area contributed by atoms with Gasteiger partial charge in [0.1, 0.15) is 5.82 Å². The zero-order chi connectivity index (χ0) is 32.4. The van der Waals surface area contributed by atoms with Crippen LogP contribution in [0.3, 0.4) is 0 Å². The second-order valence-electron chi connectivity index (χ2n) is 12.2. The summed E-state index contributed by atoms with van der Waals surface area (Å²) in [6.07, 6.45) is 1.77. The molecule has 2 aliphatic rings. The Kier molecular flexibility index (Phi) is 9.04. The van der Waals surface area contributed by atoms with Gasteiger partial charge in [0, 0.05) is 77.9 Å². The predicted octanol–water partition coefficient (Wildman–Crippen LogP) is 5.33. The number of hydrogen-bond donors (Lipinski definition) is 3. The summed E-state index contributed by atoms with van der Waals surface area (Å²) in [5, 5.41) is 10.3. The Morgan fingerprint density at radius 3 is 2.48 bits per heavy atom. The zero-order valence-corrected chi connectivity index (χ0v) is 26.9. The highest BCUT2D eigenvalue weighted by Crippen LogP contribution is 2.42. The second-order valence-corrected chi connectivity index (χ2v) is 12.6. The number of nitrogens with one attached hydrogen (secondary N) is 3. The van der Waals surface area contributed by atoms with Crippen molar-refractivity contribution in [3.8, 4) is 11.3 Å². The van der Waals surface area contributed by atoms with Crippen molar-refractivity contribution in [2.24, 2.45) is 0 Å². The van der Waals surface area contributed by atoms with Gasteiger partial charge in [0.15, 0.2) is 0 Å². The number of aromatic nitrogens is 2. The molecule has 238 valence electrons. The summed E-state index contributed by atoms with van der Waals surface area (Å²) in [6, 6.07) is 19.7. The van der Waals surface area contributed by atoms with Crippen molar-refractivity contribution in [3.63, 3.8) is 0 Å². The van der Waals surface area contributed by atoms with E-state index >= 15 is 4.39 Å². The third kappa shape index (κ3) is 6.60. The van der Waals surface area contributed by atoms with E-state index in [2.05, 4.69) is 25.8 Å². The number of amides is 2. The Balaban J connectivity index is 1.17. The number of halogens is 2. The molecule has 0 aliphatic carbocycles. The molecule has 0 bridgehead atoms. The molecule has 9 nitrogen and oxygen atoms in total. The smallest absolute Gasteiger partial charge is 0.253 e. The summed E-state index contributed by atoms with van der Waals surface area (Å²) < 4.78 is 15.1. The molecule has 4 aromatic rings. The largest absolute Gasteiger partial charge is 0.353 e. The third-order valence-electron chi connectivity index (χ3n) is 8.55. The Labute approximate surface area is 273 Å². The van der Waals surface area contributed by atoms with Gasteiger partial charge in [-0.15, -0.1) is 0 Å². The molecule has 1 aromatic heterocycles. The lowest BCUT2D eigenvalue weighted by Gasteiger charge is -2.34. The summed E-state index contributed by atoms with van der Waals surface area (Å²) in [7, 11) is 0. The van der Waals surface area contributed by atoms with Crippen LogP contribution < -0.4 is 16.0 Å². The molecule has 0 radical (unpaired) electrons. The van der Waals surface area contributed by atoms with E-state index < -0.39 is 5.54 Å². The molecule has 3 heterocycles. The van der Waals surface area contributed by atoms with Crippen LogP contribution in [-0.2, 0) is 16.9 Å². The first-order valence-electron chi connectivity index (χ1n) is 15.4. The lowest BCUT2D eigenvalue weighted by atomic mass is 9.81. The van der Waals surface area contributed by atoms with Crippen LogP contribution in [0, 0.1) is 5.82 Å². The van der Waals surface area contributed by atoms with Crippen molar-refractivity contribution in [1.29, 1.82) is 0 Å². The van der Waals surface area contributed by atoms with Gasteiger partial charge in [-0.1, -0.05) is 35.9 Å². The molecule has 46 heavy (non-hydrogen) atoms. The van der Waals surface area contributed by atoms with Crippen molar-refractivity contribution < 1.29 is 14.0 Å². The number of benzene rings is 3. The summed E-state index contributed by atoms with van der Waals surface area (Å²) in [6.45, 7) is 9.02. The van der Waals surface area contributed by atoms with Gasteiger partial charge < -0.3 is 15.5 Å². The standard InChI is InChI=1S/C35H37ClFN7O2/c1-22(2)40-31(45)21-43-14-16-44(17-15-43)33(46)23-8-11-26(12-9-23)41-34-38-19-24-20-39-35(3,28-6-4-5-7-30(28)37)29-18-25(36)10-13-27(29)32(24)42-34/h4-13,18-19,22,39H,14-17,20-21H2,1-3H3,(H,40,45)(H,38,41,42). The average molecular weight is 642 g/mol. The molecule has 1 fully saturated rings. The molecule has 2 aliphatic heterocycles. The van der Waals surface area contributed by atoms with Crippen LogP contribution >= 0.6 is 11.6 Å². The van der Waals surface area contributed by atoms with E-state index in [1.165, 1.54) is 6.07 Å². The number of carbonyl (C=O) groups excluding carboxylic acids is 2. The number of piperazine rings is 1. The Bertz CT molecular complexity index is 1760. The molecule has 1 saturated heterocycles. The topological polar surface area (TPSA) is 102 Å². The van der Waals surface area contributed by atoms with Gasteiger partial charge in [-0.3, -0.25) is 19.8 Å². The van der Waals surface area contributed by atoms with E-state index in [-0.39, 0.29) is 23.7 Å². The van der Waals surface area contributed by atoms with Crippen LogP contribution in [0.25, 0.3) is 11.3 Å². The van der Waals surface area contributed by atoms with Crippen LogP contribution in [-0.4, -0.2) is 70.3 Å². The van der Waals surface area contributed by atoms with E-state index in [0.29, 0.717) is 61.4 Å². The van der Waals surface area contributed by atoms with E-state index in [9.17, 15) is 9.59 Å². The zero-order valence-electron chi connectivity index (χ0n) is 26.1. The molecule has 1 atom stereocenters. The van der Waals surface area contributed by atoms with Gasteiger partial charge in [-0.05, 0) is 68.8 Å². The quantitative estimate of drug-likeness (QED) is 0.251. The summed E-state index contributed by atoms with van der Waals surface area (Å²) >= 11 is 6.46. The van der Waals surface area contributed by atoms with E-state index in [1.807, 2.05) is 62.1 Å². The first-order valence-corrected chi connectivity index (χ1v) is 15.8. The van der Waals surface area contributed by atoms with Crippen molar-refractivity contribution in [2.75, 3.05) is 38.0 Å². The van der Waals surface area contributed by atoms with Crippen LogP contribution in [0.15, 0.2) is 72.9 Å². The first-order chi connectivity index (χ1) is 22.1. The Morgan fingerprint density at radius 2 is 1.76 bits per heavy atom. The number of carbonyl (C=O) groups is 2. The van der Waals surface area contributed by atoms with E-state index in [1.54, 1.807) is 30.5 Å². The lowest BCUT2D eigenvalue weighted by Crippen LogP contribution is -2.51. The average Bonchev–Trinajstić information content (AvgIpc) is 3.15. The van der Waals surface area contributed by atoms with E-state index in [4.69, 9.17) is 16.6 Å². The number of nitrogens with zero attached hydrogens (tertiary/aromatic N) is 4. The van der Waals surface area contributed by atoms with Gasteiger partial charge in [-0.25, -0.2) is 14.4 Å². The van der Waals surface area contributed by atoms with Crippen molar-refractivity contribution in [1.82, 2.24) is 30.4 Å². The summed E-state index contributed by atoms with van der Waals surface area (Å²) in [5.41, 5.74) is 4.22. The highest BCUT2D eigenvalue weighted by atomic mass is 35.5. The maximum atomic E-state index is 15.1. The van der Waals surface area contributed by atoms with Gasteiger partial charge in [0.25, 0.3) is 5.91 Å². The van der Waals surface area contributed by atoms with Crippen molar-refractivity contribution in [3.05, 3.63) is 106 Å². The fourth-order valence-electron chi connectivity index (χ4n) is 6.13. The predicted molar refractivity (Wildman–Crippen MR) is 178 cm³/mol. The molecule has 11 heteroatoms. The number of fused-ring (bicyclic) bond motifs is 3. The fraction of sp³-hybridized carbons (Fsp3) is 0.314. The molecule has 6 rings (SSSR count). The Morgan fingerprint density at radius 1 is 1.02 bits per heavy atom. The van der Waals surface area contributed by atoms with Gasteiger partial charge >= 0.3 is 0 Å². The van der Waals surface area contributed by atoms with Crippen LogP contribution in [0.2, 0.25) is 5.02 Å². The molecule has 0 saturated carbocycles. The SMILES string of the molecule is CC(C)NC(=O)CN1CCN(C(=O)c2ccc(Nc3ncc4c(n3)-c3ccc(Cl)cc3C(C)(c3ccccc3F)NC4)cc2)CC1. The van der Waals surface area contributed by atoms with Crippen LogP contribution in [0.4, 0.5) is 16.0 Å². The van der Waals surface area contributed by atoms with Crippen LogP contribution in [0.1, 0.15) is 47.8 Å². The monoisotopic (exact) mass is 641 g/mol. The fourth-order valence-corrected chi connectivity index (χ4v) is 6.30. The summed E-state index contributed by atoms with van der Waals surface area (Å²) in [4.78, 5) is 38.6. The maximum absolute atomic E-state index is 15.1. The maximum Gasteiger partial charge on any atom is 0.253 e. The highest BCUT2D eigenvalue weighted by molar-refractivity contribution is 6.30. The minimum atomic E-state index is -0.864. The van der Waals surface area contributed by atoms with Gasteiger partial charge in [0.2, 0.25) is 11.9 Å². The first kappa shape index (κ1) is 31.6. The van der Waals surface area contributed by atoms with Crippen LogP contribution in [0.5, 0.6) is 0 Å². The number of anilines is 2. The molecular weight excluding hydrogens is 605 g/mol. The number of hydrogen-bond acceptors (Lipinski definition) is 7. The minimum Gasteiger partial charge on any atom is -0.353 e. The van der Waals surface area contributed by atoms with E-state index in [0.717, 1.165) is 28.1 Å². The summed E-state index contributed by atoms with van der Waals surface area (Å²) in [5.74, 6) is 0.0476. The third-order valence-corrected chi connectivity index (χ3v) is 8.78. The highest BCUT2D eigenvalue weighted by Gasteiger charge is 2.37. The molecular formula is C35H37ClFN7O2. The molecule has 2 amide bonds. The minimum absolute atomic E-state index is 0.00245. The Hall–Kier alpha value is -4.38. The van der Waals surface area contributed by atoms with Crippen molar-refractivity contribution >= 4 is 35.1 Å². The lowest BCUT2D eigenvalue weighted by molar-refractivity contribution is -0.123. The normalized spacial score (nSPS) is 18.0. The molecule has 3 aromatic carbocycles. The second kappa shape index (κ2) is 13.2. The van der Waals surface area contributed by atoms with Gasteiger partial charge in [-0.2, -0.15) is 0 Å². The van der Waals surface area contributed by atoms with Gasteiger partial charge in [0.05, 0.1) is 17.8 Å². The molecule has 1 unspecified atom stereocenters. The molecule has 3 N–H and O–H groups in total. The molecule has 0 spiro atoms. The van der Waals surface area contributed by atoms with Crippen molar-refractivity contribution in [2.45, 2.75) is 38.9 Å².